The maximum absolute atomic E-state index is 12.1. The lowest BCUT2D eigenvalue weighted by atomic mass is 9.97. The largest absolute Gasteiger partial charge is 0.469 e. The molecule has 1 atom stereocenters. The van der Waals surface area contributed by atoms with Gasteiger partial charge in [0.2, 0.25) is 5.95 Å². The molecule has 1 N–H and O–H groups in total. The average molecular weight is 450 g/mol. The van der Waals surface area contributed by atoms with Gasteiger partial charge in [-0.05, 0) is 35.6 Å². The first-order chi connectivity index (χ1) is 16.0. The van der Waals surface area contributed by atoms with Crippen LogP contribution in [0, 0.1) is 6.92 Å². The highest BCUT2D eigenvalue weighted by molar-refractivity contribution is 5.79. The lowest BCUT2D eigenvalue weighted by Gasteiger charge is -2.16. The third-order valence-electron chi connectivity index (χ3n) is 5.09. The van der Waals surface area contributed by atoms with Gasteiger partial charge < -0.3 is 19.5 Å². The summed E-state index contributed by atoms with van der Waals surface area (Å²) in [5.74, 6) is -0.844. The van der Waals surface area contributed by atoms with Gasteiger partial charge >= 0.3 is 17.9 Å². The molecule has 0 aliphatic carbocycles. The van der Waals surface area contributed by atoms with Crippen molar-refractivity contribution in [2.45, 2.75) is 32.4 Å². The molecular weight excluding hydrogens is 424 g/mol. The minimum atomic E-state index is -0.825. The minimum absolute atomic E-state index is 0.0364. The van der Waals surface area contributed by atoms with Crippen molar-refractivity contribution in [1.29, 1.82) is 0 Å². The van der Waals surface area contributed by atoms with Gasteiger partial charge in [-0.3, -0.25) is 4.79 Å². The van der Waals surface area contributed by atoms with Crippen molar-refractivity contribution in [3.63, 3.8) is 0 Å². The molecule has 0 bridgehead atoms. The highest BCUT2D eigenvalue weighted by Crippen LogP contribution is 2.26. The van der Waals surface area contributed by atoms with Crippen LogP contribution in [0.5, 0.6) is 6.01 Å². The zero-order chi connectivity index (χ0) is 23.6. The Morgan fingerprint density at radius 2 is 1.79 bits per heavy atom. The predicted octanol–water partition coefficient (Wildman–Crippen LogP) is 3.33. The van der Waals surface area contributed by atoms with Gasteiger partial charge in [-0.25, -0.2) is 9.78 Å². The number of carbonyl (C=O) groups excluding carboxylic acids is 2. The quantitative estimate of drug-likeness (QED) is 0.465. The van der Waals surface area contributed by atoms with Crippen LogP contribution in [0.4, 0.5) is 5.95 Å². The zero-order valence-electron chi connectivity index (χ0n) is 18.8. The number of hydrogen-bond donors (Lipinski definition) is 1. The minimum Gasteiger partial charge on any atom is -0.469 e. The molecule has 3 aromatic rings. The number of methoxy groups -OCH3 is 2. The van der Waals surface area contributed by atoms with Crippen LogP contribution < -0.4 is 10.1 Å². The van der Waals surface area contributed by atoms with Crippen LogP contribution in [-0.2, 0) is 25.7 Å². The Hall–Kier alpha value is -4.01. The summed E-state index contributed by atoms with van der Waals surface area (Å²) in [6.45, 7) is 2.31. The maximum atomic E-state index is 12.1. The molecule has 0 aliphatic rings. The van der Waals surface area contributed by atoms with Crippen molar-refractivity contribution < 1.29 is 23.8 Å². The van der Waals surface area contributed by atoms with Crippen LogP contribution in [0.3, 0.4) is 0 Å². The maximum Gasteiger partial charge on any atom is 0.328 e. The van der Waals surface area contributed by atoms with Crippen LogP contribution >= 0.6 is 0 Å². The lowest BCUT2D eigenvalue weighted by molar-refractivity contribution is -0.143. The average Bonchev–Trinajstić information content (AvgIpc) is 2.86. The van der Waals surface area contributed by atoms with Gasteiger partial charge in [-0.15, -0.1) is 0 Å². The van der Waals surface area contributed by atoms with E-state index in [4.69, 9.17) is 9.47 Å². The van der Waals surface area contributed by atoms with E-state index in [1.165, 1.54) is 20.5 Å². The van der Waals surface area contributed by atoms with Crippen LogP contribution in [0.15, 0.2) is 54.9 Å². The summed E-state index contributed by atoms with van der Waals surface area (Å²) in [6.07, 6.45) is 1.48. The Bertz CT molecular complexity index is 1090. The third-order valence-corrected chi connectivity index (χ3v) is 5.09. The van der Waals surface area contributed by atoms with E-state index in [-0.39, 0.29) is 31.4 Å². The molecule has 0 saturated carbocycles. The molecule has 9 heteroatoms. The van der Waals surface area contributed by atoms with Gasteiger partial charge in [0.15, 0.2) is 0 Å². The molecule has 0 saturated heterocycles. The molecule has 172 valence electrons. The summed E-state index contributed by atoms with van der Waals surface area (Å²) in [5.41, 5.74) is 4.35. The fraction of sp³-hybridized carbons (Fsp3) is 0.292. The second-order valence-electron chi connectivity index (χ2n) is 7.17. The van der Waals surface area contributed by atoms with Gasteiger partial charge in [-0.1, -0.05) is 48.5 Å². The molecule has 0 amide bonds. The summed E-state index contributed by atoms with van der Waals surface area (Å²) in [6, 6.07) is 15.4. The molecule has 0 aliphatic heterocycles. The highest BCUT2D eigenvalue weighted by Gasteiger charge is 2.22. The van der Waals surface area contributed by atoms with Crippen LogP contribution in [0.1, 0.15) is 24.0 Å². The third kappa shape index (κ3) is 6.49. The fourth-order valence-electron chi connectivity index (χ4n) is 3.24. The Labute approximate surface area is 192 Å². The monoisotopic (exact) mass is 450 g/mol. The standard InChI is InChI=1S/C24H26N4O5/c1-16-18(10-7-11-19(16)17-8-5-4-6-9-17)14-33-24-26-15-25-23(28-24)27-20(22(30)32-3)12-13-21(29)31-2/h4-11,15,20H,12-14H2,1-3H3,(H,25,26,27,28)/t20-/m1/s1. The number of hydrogen-bond acceptors (Lipinski definition) is 9. The first-order valence-corrected chi connectivity index (χ1v) is 10.4. The molecular formula is C24H26N4O5. The number of esters is 2. The summed E-state index contributed by atoms with van der Waals surface area (Å²) in [4.78, 5) is 35.8. The Morgan fingerprint density at radius 3 is 2.52 bits per heavy atom. The van der Waals surface area contributed by atoms with E-state index < -0.39 is 18.0 Å². The summed E-state index contributed by atoms with van der Waals surface area (Å²) in [5, 5.41) is 2.87. The second-order valence-corrected chi connectivity index (χ2v) is 7.17. The lowest BCUT2D eigenvalue weighted by Crippen LogP contribution is -2.32. The van der Waals surface area contributed by atoms with Crippen LogP contribution in [0.25, 0.3) is 11.1 Å². The van der Waals surface area contributed by atoms with Gasteiger partial charge in [-0.2, -0.15) is 9.97 Å². The number of nitrogens with zero attached hydrogens (tertiary/aromatic N) is 3. The van der Waals surface area contributed by atoms with Crippen molar-refractivity contribution in [3.8, 4) is 17.1 Å². The van der Waals surface area contributed by atoms with E-state index in [2.05, 4.69) is 43.2 Å². The number of anilines is 1. The van der Waals surface area contributed by atoms with Gasteiger partial charge in [0, 0.05) is 6.42 Å². The number of aromatic nitrogens is 3. The highest BCUT2D eigenvalue weighted by atomic mass is 16.5. The van der Waals surface area contributed by atoms with Crippen molar-refractivity contribution in [1.82, 2.24) is 15.0 Å². The van der Waals surface area contributed by atoms with E-state index in [0.717, 1.165) is 22.3 Å². The molecule has 9 nitrogen and oxygen atoms in total. The Morgan fingerprint density at radius 1 is 1.00 bits per heavy atom. The van der Waals surface area contributed by atoms with Crippen molar-refractivity contribution in [3.05, 3.63) is 66.0 Å². The number of ether oxygens (including phenoxy) is 3. The molecule has 0 radical (unpaired) electrons. The predicted molar refractivity (Wildman–Crippen MR) is 121 cm³/mol. The Balaban J connectivity index is 1.69. The van der Waals surface area contributed by atoms with E-state index in [9.17, 15) is 9.59 Å². The molecule has 1 aromatic heterocycles. The molecule has 33 heavy (non-hydrogen) atoms. The normalized spacial score (nSPS) is 11.4. The fourth-order valence-corrected chi connectivity index (χ4v) is 3.24. The van der Waals surface area contributed by atoms with Crippen molar-refractivity contribution in [2.24, 2.45) is 0 Å². The van der Waals surface area contributed by atoms with E-state index in [0.29, 0.717) is 0 Å². The first-order valence-electron chi connectivity index (χ1n) is 10.4. The Kier molecular flexibility index (Phi) is 8.29. The SMILES string of the molecule is COC(=O)CC[C@@H](Nc1ncnc(OCc2cccc(-c3ccccc3)c2C)n1)C(=O)OC. The van der Waals surface area contributed by atoms with Gasteiger partial charge in [0.25, 0.3) is 0 Å². The summed E-state index contributed by atoms with van der Waals surface area (Å²) >= 11 is 0. The number of nitrogens with one attached hydrogen (secondary N) is 1. The smallest absolute Gasteiger partial charge is 0.328 e. The van der Waals surface area contributed by atoms with E-state index in [1.54, 1.807) is 0 Å². The molecule has 3 rings (SSSR count). The number of carbonyl (C=O) groups is 2. The molecule has 2 aromatic carbocycles. The topological polar surface area (TPSA) is 113 Å². The summed E-state index contributed by atoms with van der Waals surface area (Å²) < 4.78 is 15.2. The van der Waals surface area contributed by atoms with E-state index >= 15 is 0 Å². The number of benzene rings is 2. The second kappa shape index (κ2) is 11.6. The van der Waals surface area contributed by atoms with E-state index in [1.807, 2.05) is 37.3 Å². The van der Waals surface area contributed by atoms with Gasteiger partial charge in [0.05, 0.1) is 14.2 Å². The molecule has 0 spiro atoms. The summed E-state index contributed by atoms with van der Waals surface area (Å²) in [7, 11) is 2.55. The van der Waals surface area contributed by atoms with Crippen LogP contribution in [-0.4, -0.2) is 47.2 Å². The molecule has 0 unspecified atom stereocenters. The van der Waals surface area contributed by atoms with Crippen molar-refractivity contribution >= 4 is 17.9 Å². The molecule has 1 heterocycles. The number of rotatable bonds is 10. The zero-order valence-corrected chi connectivity index (χ0v) is 18.8. The first kappa shape index (κ1) is 23.6. The van der Waals surface area contributed by atoms with Gasteiger partial charge in [0.1, 0.15) is 19.0 Å². The van der Waals surface area contributed by atoms with Crippen LogP contribution in [0.2, 0.25) is 0 Å². The molecule has 0 fully saturated rings. The van der Waals surface area contributed by atoms with Crippen molar-refractivity contribution in [2.75, 3.05) is 19.5 Å².